The second-order valence-corrected chi connectivity index (χ2v) is 8.24. The SMILES string of the molecule is CN(C)CCN1CCN(S(=O)(=O)c2ccccc2Br)CC1. The molecule has 1 aromatic rings. The van der Waals surface area contributed by atoms with Gasteiger partial charge in [-0.05, 0) is 42.2 Å². The quantitative estimate of drug-likeness (QED) is 0.778. The first-order chi connectivity index (χ1) is 9.91. The topological polar surface area (TPSA) is 43.9 Å². The molecule has 1 aromatic carbocycles. The van der Waals surface area contributed by atoms with Gasteiger partial charge in [0.25, 0.3) is 0 Å². The summed E-state index contributed by atoms with van der Waals surface area (Å²) >= 11 is 3.33. The van der Waals surface area contributed by atoms with Gasteiger partial charge in [-0.25, -0.2) is 8.42 Å². The summed E-state index contributed by atoms with van der Waals surface area (Å²) in [4.78, 5) is 4.81. The molecular formula is C14H22BrN3O2S. The van der Waals surface area contributed by atoms with Crippen LogP contribution in [0.3, 0.4) is 0 Å². The molecular weight excluding hydrogens is 354 g/mol. The molecule has 5 nitrogen and oxygen atoms in total. The first-order valence-electron chi connectivity index (χ1n) is 7.03. The van der Waals surface area contributed by atoms with Gasteiger partial charge in [0.15, 0.2) is 0 Å². The van der Waals surface area contributed by atoms with Crippen LogP contribution in [0.5, 0.6) is 0 Å². The Kier molecular flexibility index (Phi) is 5.79. The highest BCUT2D eigenvalue weighted by atomic mass is 79.9. The van der Waals surface area contributed by atoms with Crippen LogP contribution in [0, 0.1) is 0 Å². The summed E-state index contributed by atoms with van der Waals surface area (Å²) in [5.74, 6) is 0. The number of hydrogen-bond acceptors (Lipinski definition) is 4. The van der Waals surface area contributed by atoms with Gasteiger partial charge in [0.2, 0.25) is 10.0 Å². The number of rotatable bonds is 5. The smallest absolute Gasteiger partial charge is 0.244 e. The maximum atomic E-state index is 12.7. The minimum Gasteiger partial charge on any atom is -0.308 e. The van der Waals surface area contributed by atoms with Crippen molar-refractivity contribution in [2.24, 2.45) is 0 Å². The third-order valence-electron chi connectivity index (χ3n) is 3.65. The van der Waals surface area contributed by atoms with Gasteiger partial charge < -0.3 is 4.90 Å². The zero-order valence-electron chi connectivity index (χ0n) is 12.5. The molecule has 0 N–H and O–H groups in total. The number of benzene rings is 1. The third-order valence-corrected chi connectivity index (χ3v) is 6.56. The number of sulfonamides is 1. The molecule has 118 valence electrons. The third kappa shape index (κ3) is 4.26. The highest BCUT2D eigenvalue weighted by Crippen LogP contribution is 2.25. The monoisotopic (exact) mass is 375 g/mol. The summed E-state index contributed by atoms with van der Waals surface area (Å²) in [6, 6.07) is 6.99. The van der Waals surface area contributed by atoms with Gasteiger partial charge in [-0.15, -0.1) is 0 Å². The highest BCUT2D eigenvalue weighted by molar-refractivity contribution is 9.10. The van der Waals surface area contributed by atoms with E-state index in [1.54, 1.807) is 22.5 Å². The number of likely N-dealkylation sites (N-methyl/N-ethyl adjacent to an activating group) is 1. The molecule has 1 heterocycles. The Morgan fingerprint density at radius 1 is 1.14 bits per heavy atom. The predicted molar refractivity (Wildman–Crippen MR) is 87.9 cm³/mol. The number of nitrogens with zero attached hydrogens (tertiary/aromatic N) is 3. The minimum atomic E-state index is -3.40. The molecule has 0 aliphatic carbocycles. The molecule has 1 aliphatic rings. The van der Waals surface area contributed by atoms with Crippen molar-refractivity contribution in [1.29, 1.82) is 0 Å². The van der Waals surface area contributed by atoms with Gasteiger partial charge in [0.1, 0.15) is 0 Å². The van der Waals surface area contributed by atoms with Crippen molar-refractivity contribution < 1.29 is 8.42 Å². The Morgan fingerprint density at radius 3 is 2.33 bits per heavy atom. The molecule has 2 rings (SSSR count). The van der Waals surface area contributed by atoms with E-state index in [0.717, 1.165) is 26.2 Å². The first kappa shape index (κ1) is 16.9. The highest BCUT2D eigenvalue weighted by Gasteiger charge is 2.29. The van der Waals surface area contributed by atoms with Crippen LogP contribution in [0.25, 0.3) is 0 Å². The van der Waals surface area contributed by atoms with E-state index < -0.39 is 10.0 Å². The van der Waals surface area contributed by atoms with Crippen LogP contribution in [0.2, 0.25) is 0 Å². The summed E-state index contributed by atoms with van der Waals surface area (Å²) < 4.78 is 27.5. The maximum absolute atomic E-state index is 12.7. The largest absolute Gasteiger partial charge is 0.308 e. The molecule has 0 radical (unpaired) electrons. The van der Waals surface area contributed by atoms with Crippen LogP contribution in [0.15, 0.2) is 33.6 Å². The van der Waals surface area contributed by atoms with E-state index in [9.17, 15) is 8.42 Å². The van der Waals surface area contributed by atoms with Crippen molar-refractivity contribution in [3.8, 4) is 0 Å². The van der Waals surface area contributed by atoms with Crippen LogP contribution < -0.4 is 0 Å². The zero-order chi connectivity index (χ0) is 15.5. The van der Waals surface area contributed by atoms with Crippen LogP contribution in [-0.2, 0) is 10.0 Å². The lowest BCUT2D eigenvalue weighted by molar-refractivity contribution is 0.174. The molecule has 0 bridgehead atoms. The number of hydrogen-bond donors (Lipinski definition) is 0. The lowest BCUT2D eigenvalue weighted by atomic mass is 10.3. The lowest BCUT2D eigenvalue weighted by Crippen LogP contribution is -2.49. The van der Waals surface area contributed by atoms with Crippen LogP contribution in [0.4, 0.5) is 0 Å². The molecule has 0 spiro atoms. The summed E-state index contributed by atoms with van der Waals surface area (Å²) in [6.07, 6.45) is 0. The van der Waals surface area contributed by atoms with Crippen molar-refractivity contribution in [2.75, 3.05) is 53.4 Å². The van der Waals surface area contributed by atoms with E-state index in [0.29, 0.717) is 22.5 Å². The van der Waals surface area contributed by atoms with Crippen LogP contribution >= 0.6 is 15.9 Å². The normalized spacial score (nSPS) is 18.3. The van der Waals surface area contributed by atoms with Crippen LogP contribution in [0.1, 0.15) is 0 Å². The Balaban J connectivity index is 2.00. The molecule has 1 fully saturated rings. The Morgan fingerprint density at radius 2 is 1.76 bits per heavy atom. The average Bonchev–Trinajstić information content (AvgIpc) is 2.46. The van der Waals surface area contributed by atoms with Gasteiger partial charge in [-0.3, -0.25) is 4.90 Å². The average molecular weight is 376 g/mol. The van der Waals surface area contributed by atoms with Crippen molar-refractivity contribution in [2.45, 2.75) is 4.90 Å². The fourth-order valence-electron chi connectivity index (χ4n) is 2.33. The van der Waals surface area contributed by atoms with E-state index in [1.165, 1.54) is 0 Å². The fraction of sp³-hybridized carbons (Fsp3) is 0.571. The van der Waals surface area contributed by atoms with Crippen molar-refractivity contribution in [1.82, 2.24) is 14.1 Å². The van der Waals surface area contributed by atoms with E-state index in [2.05, 4.69) is 25.7 Å². The summed E-state index contributed by atoms with van der Waals surface area (Å²) in [5.41, 5.74) is 0. The Labute approximate surface area is 135 Å². The molecule has 0 aromatic heterocycles. The van der Waals surface area contributed by atoms with Crippen LogP contribution in [-0.4, -0.2) is 75.9 Å². The minimum absolute atomic E-state index is 0.353. The Hall–Kier alpha value is -0.470. The van der Waals surface area contributed by atoms with E-state index in [4.69, 9.17) is 0 Å². The van der Waals surface area contributed by atoms with Gasteiger partial charge in [-0.1, -0.05) is 12.1 Å². The zero-order valence-corrected chi connectivity index (χ0v) is 14.9. The van der Waals surface area contributed by atoms with E-state index in [-0.39, 0.29) is 0 Å². The maximum Gasteiger partial charge on any atom is 0.244 e. The molecule has 0 saturated carbocycles. The molecule has 7 heteroatoms. The molecule has 0 atom stereocenters. The van der Waals surface area contributed by atoms with E-state index >= 15 is 0 Å². The van der Waals surface area contributed by atoms with Gasteiger partial charge in [0, 0.05) is 43.7 Å². The molecule has 1 aliphatic heterocycles. The second kappa shape index (κ2) is 7.19. The van der Waals surface area contributed by atoms with Gasteiger partial charge in [-0.2, -0.15) is 4.31 Å². The van der Waals surface area contributed by atoms with Gasteiger partial charge >= 0.3 is 0 Å². The summed E-state index contributed by atoms with van der Waals surface area (Å²) in [6.45, 7) is 4.66. The Bertz CT molecular complexity index is 569. The lowest BCUT2D eigenvalue weighted by Gasteiger charge is -2.34. The molecule has 1 saturated heterocycles. The van der Waals surface area contributed by atoms with Crippen molar-refractivity contribution in [3.63, 3.8) is 0 Å². The van der Waals surface area contributed by atoms with E-state index in [1.807, 2.05) is 20.2 Å². The standard InChI is InChI=1S/C14H22BrN3O2S/c1-16(2)7-8-17-9-11-18(12-10-17)21(19,20)14-6-4-3-5-13(14)15/h3-6H,7-12H2,1-2H3. The predicted octanol–water partition coefficient (Wildman–Crippen LogP) is 1.32. The number of piperazine rings is 1. The van der Waals surface area contributed by atoms with Crippen molar-refractivity contribution >= 4 is 26.0 Å². The molecule has 0 unspecified atom stereocenters. The molecule has 0 amide bonds. The first-order valence-corrected chi connectivity index (χ1v) is 9.26. The summed E-state index contributed by atoms with van der Waals surface area (Å²) in [5, 5.41) is 0. The van der Waals surface area contributed by atoms with Crippen molar-refractivity contribution in [3.05, 3.63) is 28.7 Å². The second-order valence-electron chi connectivity index (χ2n) is 5.48. The summed E-state index contributed by atoms with van der Waals surface area (Å²) in [7, 11) is 0.700. The fourth-order valence-corrected chi connectivity index (χ4v) is 4.71. The molecule has 21 heavy (non-hydrogen) atoms. The number of halogens is 1. The van der Waals surface area contributed by atoms with Gasteiger partial charge in [0.05, 0.1) is 4.90 Å².